The maximum Gasteiger partial charge on any atom is 0.337 e. The highest BCUT2D eigenvalue weighted by Crippen LogP contribution is 2.29. The molecule has 0 unspecified atom stereocenters. The molecule has 0 saturated carbocycles. The number of carboxylic acids is 1. The quantitative estimate of drug-likeness (QED) is 0.735. The topological polar surface area (TPSA) is 83.5 Å². The molecule has 0 radical (unpaired) electrons. The molecule has 0 atom stereocenters. The molecule has 1 aromatic rings. The van der Waals surface area contributed by atoms with Gasteiger partial charge in [0.05, 0.1) is 10.6 Å². The second kappa shape index (κ2) is 7.45. The van der Waals surface area contributed by atoms with Crippen LogP contribution in [0.1, 0.15) is 37.0 Å². The molecule has 5 nitrogen and oxygen atoms in total. The molecule has 0 aliphatic carbocycles. The van der Waals surface area contributed by atoms with Crippen molar-refractivity contribution in [2.75, 3.05) is 6.54 Å². The minimum atomic E-state index is -3.90. The fourth-order valence-electron chi connectivity index (χ4n) is 1.71. The Balaban J connectivity index is 3.00. The Morgan fingerprint density at radius 1 is 1.33 bits per heavy atom. The smallest absolute Gasteiger partial charge is 0.337 e. The molecular weight excluding hydrogens is 337 g/mol. The van der Waals surface area contributed by atoms with E-state index in [1.165, 1.54) is 0 Å². The third-order valence-electron chi connectivity index (χ3n) is 2.77. The maximum absolute atomic E-state index is 12.2. The minimum Gasteiger partial charge on any atom is -0.478 e. The Hall–Kier alpha value is -0.820. The van der Waals surface area contributed by atoms with Crippen LogP contribution < -0.4 is 4.72 Å². The summed E-state index contributed by atoms with van der Waals surface area (Å²) in [6, 6.07) is 2.26. The minimum absolute atomic E-state index is 0.000597. The van der Waals surface area contributed by atoms with Crippen molar-refractivity contribution in [3.05, 3.63) is 27.7 Å². The van der Waals surface area contributed by atoms with Crippen LogP contribution in [0, 0.1) is 5.92 Å². The zero-order valence-corrected chi connectivity index (χ0v) is 14.0. The number of nitrogens with one attached hydrogen (secondary N) is 1. The van der Waals surface area contributed by atoms with Gasteiger partial charge in [0, 0.05) is 11.6 Å². The third kappa shape index (κ3) is 5.14. The molecule has 0 fully saturated rings. The van der Waals surface area contributed by atoms with E-state index in [1.807, 2.05) is 13.8 Å². The number of carboxylic acid groups (broad SMARTS) is 1. The second-order valence-electron chi connectivity index (χ2n) is 5.00. The van der Waals surface area contributed by atoms with E-state index in [1.54, 1.807) is 0 Å². The van der Waals surface area contributed by atoms with Crippen molar-refractivity contribution < 1.29 is 18.3 Å². The maximum atomic E-state index is 12.2. The Kier molecular flexibility index (Phi) is 6.46. The van der Waals surface area contributed by atoms with E-state index in [2.05, 4.69) is 4.72 Å². The fraction of sp³-hybridized carbons (Fsp3) is 0.462. The van der Waals surface area contributed by atoms with Crippen molar-refractivity contribution in [2.45, 2.75) is 31.6 Å². The molecular formula is C13H17Cl2NO4S. The van der Waals surface area contributed by atoms with Gasteiger partial charge in [-0.05, 0) is 30.9 Å². The van der Waals surface area contributed by atoms with Crippen LogP contribution in [0.2, 0.25) is 10.0 Å². The van der Waals surface area contributed by atoms with Crippen LogP contribution in [-0.2, 0) is 10.0 Å². The summed E-state index contributed by atoms with van der Waals surface area (Å²) in [4.78, 5) is 10.7. The Morgan fingerprint density at radius 3 is 2.48 bits per heavy atom. The predicted octanol–water partition coefficient (Wildman–Crippen LogP) is 3.41. The average molecular weight is 354 g/mol. The molecule has 1 aromatic carbocycles. The summed E-state index contributed by atoms with van der Waals surface area (Å²) >= 11 is 11.6. The van der Waals surface area contributed by atoms with Crippen molar-refractivity contribution in [2.24, 2.45) is 5.92 Å². The lowest BCUT2D eigenvalue weighted by Crippen LogP contribution is -2.25. The van der Waals surface area contributed by atoms with Gasteiger partial charge in [0.2, 0.25) is 10.0 Å². The molecule has 21 heavy (non-hydrogen) atoms. The molecule has 0 aliphatic rings. The van der Waals surface area contributed by atoms with Crippen LogP contribution in [0.25, 0.3) is 0 Å². The van der Waals surface area contributed by atoms with Crippen LogP contribution >= 0.6 is 23.2 Å². The largest absolute Gasteiger partial charge is 0.478 e. The molecule has 0 bridgehead atoms. The molecule has 0 spiro atoms. The number of aromatic carboxylic acids is 1. The number of carbonyl (C=O) groups is 1. The molecule has 118 valence electrons. The molecule has 0 amide bonds. The lowest BCUT2D eigenvalue weighted by Gasteiger charge is -2.11. The molecule has 0 aliphatic heterocycles. The average Bonchev–Trinajstić information content (AvgIpc) is 2.36. The summed E-state index contributed by atoms with van der Waals surface area (Å²) in [5, 5.41) is 8.65. The SMILES string of the molecule is CC(C)CCCNS(=O)(=O)c1cc(Cl)cc(C(=O)O)c1Cl. The monoisotopic (exact) mass is 353 g/mol. The highest BCUT2D eigenvalue weighted by molar-refractivity contribution is 7.89. The summed E-state index contributed by atoms with van der Waals surface area (Å²) in [5.41, 5.74) is -0.341. The molecule has 1 rings (SSSR count). The van der Waals surface area contributed by atoms with E-state index in [0.29, 0.717) is 12.3 Å². The number of sulfonamides is 1. The van der Waals surface area contributed by atoms with Gasteiger partial charge in [-0.15, -0.1) is 0 Å². The number of hydrogen-bond donors (Lipinski definition) is 2. The molecule has 0 aromatic heterocycles. The first-order valence-corrected chi connectivity index (χ1v) is 8.61. The van der Waals surface area contributed by atoms with Gasteiger partial charge in [-0.3, -0.25) is 0 Å². The Labute approximate surface area is 134 Å². The van der Waals surface area contributed by atoms with E-state index < -0.39 is 16.0 Å². The van der Waals surface area contributed by atoms with E-state index in [0.717, 1.165) is 18.6 Å². The zero-order valence-electron chi connectivity index (χ0n) is 11.7. The lowest BCUT2D eigenvalue weighted by atomic mass is 10.1. The Bertz CT molecular complexity index is 629. The van der Waals surface area contributed by atoms with Gasteiger partial charge in [-0.2, -0.15) is 0 Å². The first kappa shape index (κ1) is 18.2. The number of halogens is 2. The molecule has 0 saturated heterocycles. The van der Waals surface area contributed by atoms with Crippen LogP contribution in [0.3, 0.4) is 0 Å². The molecule has 2 N–H and O–H groups in total. The fourth-order valence-corrected chi connectivity index (χ4v) is 3.68. The van der Waals surface area contributed by atoms with E-state index in [-0.39, 0.29) is 27.0 Å². The van der Waals surface area contributed by atoms with Crippen LogP contribution in [0.5, 0.6) is 0 Å². The van der Waals surface area contributed by atoms with Crippen molar-refractivity contribution in [1.82, 2.24) is 4.72 Å². The normalized spacial score (nSPS) is 11.9. The summed E-state index contributed by atoms with van der Waals surface area (Å²) in [6.45, 7) is 4.34. The standard InChI is InChI=1S/C13H17Cl2NO4S/c1-8(2)4-3-5-16-21(19,20)11-7-9(14)6-10(12(11)15)13(17)18/h6-8,16H,3-5H2,1-2H3,(H,17,18). The van der Waals surface area contributed by atoms with Crippen LogP contribution in [0.4, 0.5) is 0 Å². The lowest BCUT2D eigenvalue weighted by molar-refractivity contribution is 0.0697. The van der Waals surface area contributed by atoms with Gasteiger partial charge >= 0.3 is 5.97 Å². The summed E-state index contributed by atoms with van der Waals surface area (Å²) in [5.74, 6) is -0.860. The van der Waals surface area contributed by atoms with Gasteiger partial charge in [-0.1, -0.05) is 37.0 Å². The van der Waals surface area contributed by atoms with Crippen LogP contribution in [0.15, 0.2) is 17.0 Å². The zero-order chi connectivity index (χ0) is 16.2. The van der Waals surface area contributed by atoms with Gasteiger partial charge in [0.1, 0.15) is 4.90 Å². The molecule has 0 heterocycles. The van der Waals surface area contributed by atoms with E-state index in [4.69, 9.17) is 28.3 Å². The third-order valence-corrected chi connectivity index (χ3v) is 5.00. The number of hydrogen-bond acceptors (Lipinski definition) is 3. The second-order valence-corrected chi connectivity index (χ2v) is 7.55. The van der Waals surface area contributed by atoms with E-state index >= 15 is 0 Å². The van der Waals surface area contributed by atoms with Crippen molar-refractivity contribution in [3.8, 4) is 0 Å². The van der Waals surface area contributed by atoms with Crippen molar-refractivity contribution in [1.29, 1.82) is 0 Å². The van der Waals surface area contributed by atoms with Gasteiger partial charge in [0.25, 0.3) is 0 Å². The first-order valence-electron chi connectivity index (χ1n) is 6.37. The van der Waals surface area contributed by atoms with Gasteiger partial charge < -0.3 is 5.11 Å². The van der Waals surface area contributed by atoms with E-state index in [9.17, 15) is 13.2 Å². The highest BCUT2D eigenvalue weighted by Gasteiger charge is 2.23. The first-order chi connectivity index (χ1) is 9.65. The summed E-state index contributed by atoms with van der Waals surface area (Å²) in [6.07, 6.45) is 1.56. The Morgan fingerprint density at radius 2 is 1.95 bits per heavy atom. The van der Waals surface area contributed by atoms with Crippen molar-refractivity contribution >= 4 is 39.2 Å². The highest BCUT2D eigenvalue weighted by atomic mass is 35.5. The number of rotatable bonds is 7. The van der Waals surface area contributed by atoms with Gasteiger partial charge in [-0.25, -0.2) is 17.9 Å². The van der Waals surface area contributed by atoms with Crippen molar-refractivity contribution in [3.63, 3.8) is 0 Å². The summed E-state index contributed by atoms with van der Waals surface area (Å²) in [7, 11) is -3.90. The van der Waals surface area contributed by atoms with Gasteiger partial charge in [0.15, 0.2) is 0 Å². The number of benzene rings is 1. The molecule has 8 heteroatoms. The predicted molar refractivity (Wildman–Crippen MR) is 82.7 cm³/mol. The summed E-state index contributed by atoms with van der Waals surface area (Å²) < 4.78 is 26.8. The van der Waals surface area contributed by atoms with Crippen LogP contribution in [-0.4, -0.2) is 26.0 Å².